The average molecular weight is 375 g/mol. The topological polar surface area (TPSA) is 50.9 Å². The van der Waals surface area contributed by atoms with Gasteiger partial charge in [-0.2, -0.15) is 5.10 Å². The molecule has 1 N–H and O–H groups in total. The Balaban J connectivity index is 2.21. The number of benzene rings is 1. The fourth-order valence-corrected chi connectivity index (χ4v) is 2.74. The van der Waals surface area contributed by atoms with Crippen LogP contribution >= 0.6 is 22.6 Å². The predicted octanol–water partition coefficient (Wildman–Crippen LogP) is 2.88. The first kappa shape index (κ1) is 14.4. The van der Waals surface area contributed by atoms with E-state index in [2.05, 4.69) is 10.1 Å². The smallest absolute Gasteiger partial charge is 0.138 e. The van der Waals surface area contributed by atoms with Crippen molar-refractivity contribution in [1.29, 1.82) is 0 Å². The van der Waals surface area contributed by atoms with E-state index < -0.39 is 6.10 Å². The van der Waals surface area contributed by atoms with Crippen molar-refractivity contribution in [2.45, 2.75) is 32.4 Å². The van der Waals surface area contributed by atoms with Crippen LogP contribution in [0.2, 0.25) is 0 Å². The lowest BCUT2D eigenvalue weighted by molar-refractivity contribution is 0.172. The third-order valence-corrected chi connectivity index (χ3v) is 3.77. The lowest BCUT2D eigenvalue weighted by atomic mass is 10.1. The quantitative estimate of drug-likeness (QED) is 0.837. The van der Waals surface area contributed by atoms with Crippen molar-refractivity contribution in [2.75, 3.05) is 0 Å². The highest BCUT2D eigenvalue weighted by molar-refractivity contribution is 14.1. The fraction of sp³-hybridized carbons (Fsp3) is 0.385. The molecule has 1 unspecified atom stereocenters. The predicted molar refractivity (Wildman–Crippen MR) is 78.2 cm³/mol. The van der Waals surface area contributed by atoms with E-state index >= 15 is 0 Å². The Morgan fingerprint density at radius 3 is 2.79 bits per heavy atom. The van der Waals surface area contributed by atoms with Gasteiger partial charge in [0.1, 0.15) is 18.0 Å². The first-order chi connectivity index (χ1) is 8.99. The molecule has 6 heteroatoms. The minimum atomic E-state index is -0.714. The second-order valence-electron chi connectivity index (χ2n) is 4.60. The highest BCUT2D eigenvalue weighted by atomic mass is 127. The van der Waals surface area contributed by atoms with E-state index in [1.807, 2.05) is 36.4 Å². The Bertz CT molecular complexity index is 571. The number of aliphatic hydroxyl groups excluding tert-OH is 1. The second-order valence-corrected chi connectivity index (χ2v) is 5.76. The number of hydrogen-bond donors (Lipinski definition) is 1. The van der Waals surface area contributed by atoms with Crippen LogP contribution in [-0.4, -0.2) is 19.9 Å². The molecule has 0 saturated carbocycles. The van der Waals surface area contributed by atoms with E-state index in [-0.39, 0.29) is 11.9 Å². The van der Waals surface area contributed by atoms with Crippen LogP contribution in [0.3, 0.4) is 0 Å². The third kappa shape index (κ3) is 3.30. The maximum Gasteiger partial charge on any atom is 0.138 e. The molecule has 1 aromatic heterocycles. The van der Waals surface area contributed by atoms with Crippen molar-refractivity contribution < 1.29 is 9.50 Å². The summed E-state index contributed by atoms with van der Waals surface area (Å²) in [6.07, 6.45) is 1.13. The highest BCUT2D eigenvalue weighted by Crippen LogP contribution is 2.24. The number of hydrogen-bond acceptors (Lipinski definition) is 3. The highest BCUT2D eigenvalue weighted by Gasteiger charge is 2.17. The molecule has 0 bridgehead atoms. The largest absolute Gasteiger partial charge is 0.388 e. The monoisotopic (exact) mass is 375 g/mol. The Labute approximate surface area is 124 Å². The number of aromatic nitrogens is 3. The van der Waals surface area contributed by atoms with E-state index in [0.717, 1.165) is 5.82 Å². The van der Waals surface area contributed by atoms with Crippen LogP contribution in [0.5, 0.6) is 0 Å². The van der Waals surface area contributed by atoms with Gasteiger partial charge in [-0.05, 0) is 54.1 Å². The molecule has 0 radical (unpaired) electrons. The Morgan fingerprint density at radius 1 is 1.42 bits per heavy atom. The third-order valence-electron chi connectivity index (χ3n) is 2.83. The molecule has 0 fully saturated rings. The lowest BCUT2D eigenvalue weighted by Crippen LogP contribution is -2.13. The summed E-state index contributed by atoms with van der Waals surface area (Å²) in [6.45, 7) is 4.01. The fourth-order valence-electron chi connectivity index (χ4n) is 1.91. The van der Waals surface area contributed by atoms with Crippen LogP contribution < -0.4 is 0 Å². The molecule has 1 aromatic carbocycles. The molecule has 0 spiro atoms. The molecule has 4 nitrogen and oxygen atoms in total. The molecule has 0 aliphatic heterocycles. The van der Waals surface area contributed by atoms with Gasteiger partial charge in [0, 0.05) is 16.0 Å². The average Bonchev–Trinajstić information content (AvgIpc) is 2.76. The summed E-state index contributed by atoms with van der Waals surface area (Å²) < 4.78 is 15.5. The van der Waals surface area contributed by atoms with Gasteiger partial charge >= 0.3 is 0 Å². The molecule has 1 atom stereocenters. The summed E-state index contributed by atoms with van der Waals surface area (Å²) in [5, 5.41) is 14.4. The Hall–Kier alpha value is -1.02. The summed E-state index contributed by atoms with van der Waals surface area (Å²) >= 11 is 2.02. The zero-order valence-corrected chi connectivity index (χ0v) is 12.9. The second kappa shape index (κ2) is 5.96. The summed E-state index contributed by atoms with van der Waals surface area (Å²) in [5.41, 5.74) is 0.709. The molecule has 102 valence electrons. The molecule has 2 aromatic rings. The van der Waals surface area contributed by atoms with Crippen LogP contribution in [0, 0.1) is 9.39 Å². The van der Waals surface area contributed by atoms with Gasteiger partial charge in [0.25, 0.3) is 0 Å². The van der Waals surface area contributed by atoms with E-state index in [1.165, 1.54) is 18.5 Å². The van der Waals surface area contributed by atoms with Gasteiger partial charge in [-0.25, -0.2) is 14.1 Å². The van der Waals surface area contributed by atoms with Gasteiger partial charge in [0.15, 0.2) is 0 Å². The van der Waals surface area contributed by atoms with E-state index in [9.17, 15) is 9.50 Å². The summed E-state index contributed by atoms with van der Waals surface area (Å²) in [4.78, 5) is 4.17. The number of nitrogens with zero attached hydrogens (tertiary/aromatic N) is 3. The van der Waals surface area contributed by atoms with Crippen LogP contribution in [0.1, 0.15) is 37.4 Å². The number of rotatable bonds is 4. The van der Waals surface area contributed by atoms with Crippen LogP contribution in [0.25, 0.3) is 0 Å². The number of halogens is 2. The summed E-state index contributed by atoms with van der Waals surface area (Å²) in [7, 11) is 0. The lowest BCUT2D eigenvalue weighted by Gasteiger charge is -2.14. The summed E-state index contributed by atoms with van der Waals surface area (Å²) in [5.74, 6) is 0.424. The summed E-state index contributed by atoms with van der Waals surface area (Å²) in [6, 6.07) is 4.56. The molecular formula is C13H15FIN3O. The zero-order valence-electron chi connectivity index (χ0n) is 10.7. The molecule has 0 aliphatic carbocycles. The molecule has 2 rings (SSSR count). The van der Waals surface area contributed by atoms with Crippen LogP contribution in [0.15, 0.2) is 24.5 Å². The molecule has 0 saturated heterocycles. The SMILES string of the molecule is CC(C)n1ncnc1CC(O)c1ccc(F)cc1I. The standard InChI is InChI=1S/C13H15FIN3O/c1-8(2)18-13(16-7-17-18)6-12(19)10-4-3-9(14)5-11(10)15/h3-5,7-8,12,19H,6H2,1-2H3. The van der Waals surface area contributed by atoms with E-state index in [1.54, 1.807) is 10.7 Å². The van der Waals surface area contributed by atoms with Gasteiger partial charge < -0.3 is 5.11 Å². The zero-order chi connectivity index (χ0) is 14.0. The van der Waals surface area contributed by atoms with E-state index in [4.69, 9.17) is 0 Å². The molecule has 0 amide bonds. The first-order valence-corrected chi connectivity index (χ1v) is 7.08. The molecule has 19 heavy (non-hydrogen) atoms. The number of aliphatic hydroxyl groups is 1. The minimum absolute atomic E-state index is 0.192. The van der Waals surface area contributed by atoms with E-state index in [0.29, 0.717) is 15.6 Å². The van der Waals surface area contributed by atoms with Gasteiger partial charge in [-0.15, -0.1) is 0 Å². The Morgan fingerprint density at radius 2 is 2.16 bits per heavy atom. The van der Waals surface area contributed by atoms with Gasteiger partial charge in [0.05, 0.1) is 6.10 Å². The van der Waals surface area contributed by atoms with Crippen LogP contribution in [0.4, 0.5) is 4.39 Å². The molecule has 0 aliphatic rings. The van der Waals surface area contributed by atoms with Crippen molar-refractivity contribution >= 4 is 22.6 Å². The Kier molecular flexibility index (Phi) is 4.51. The van der Waals surface area contributed by atoms with Gasteiger partial charge in [0.2, 0.25) is 0 Å². The molecular weight excluding hydrogens is 360 g/mol. The van der Waals surface area contributed by atoms with Crippen LogP contribution in [-0.2, 0) is 6.42 Å². The maximum atomic E-state index is 13.0. The van der Waals surface area contributed by atoms with Crippen molar-refractivity contribution in [3.8, 4) is 0 Å². The van der Waals surface area contributed by atoms with Gasteiger partial charge in [-0.3, -0.25) is 0 Å². The van der Waals surface area contributed by atoms with Gasteiger partial charge in [-0.1, -0.05) is 6.07 Å². The minimum Gasteiger partial charge on any atom is -0.388 e. The first-order valence-electron chi connectivity index (χ1n) is 6.00. The maximum absolute atomic E-state index is 13.0. The normalized spacial score (nSPS) is 12.9. The van der Waals surface area contributed by atoms with Crippen molar-refractivity contribution in [2.24, 2.45) is 0 Å². The molecule has 1 heterocycles. The van der Waals surface area contributed by atoms with Crippen molar-refractivity contribution in [1.82, 2.24) is 14.8 Å². The van der Waals surface area contributed by atoms with Crippen molar-refractivity contribution in [3.63, 3.8) is 0 Å². The van der Waals surface area contributed by atoms with Crippen molar-refractivity contribution in [3.05, 3.63) is 45.3 Å².